The molecule has 17 heavy (non-hydrogen) atoms. The molecule has 0 saturated heterocycles. The highest BCUT2D eigenvalue weighted by Gasteiger charge is 2.14. The van der Waals surface area contributed by atoms with Crippen molar-refractivity contribution in [2.24, 2.45) is 0 Å². The molecular weight excluding hydrogens is 372 g/mol. The van der Waals surface area contributed by atoms with E-state index in [0.717, 1.165) is 16.4 Å². The largest absolute Gasteiger partial charge is 0.349 e. The van der Waals surface area contributed by atoms with Crippen molar-refractivity contribution in [2.45, 2.75) is 25.8 Å². The summed E-state index contributed by atoms with van der Waals surface area (Å²) in [6.07, 6.45) is 1.65. The molecule has 0 saturated carbocycles. The Morgan fingerprint density at radius 2 is 2.24 bits per heavy atom. The van der Waals surface area contributed by atoms with Crippen LogP contribution >= 0.6 is 45.8 Å². The van der Waals surface area contributed by atoms with Gasteiger partial charge in [0.25, 0.3) is 5.91 Å². The fourth-order valence-corrected chi connectivity index (χ4v) is 2.46. The lowest BCUT2D eigenvalue weighted by atomic mass is 10.1. The van der Waals surface area contributed by atoms with Crippen molar-refractivity contribution < 1.29 is 4.79 Å². The third-order valence-corrected chi connectivity index (χ3v) is 3.85. The quantitative estimate of drug-likeness (QED) is 0.600. The number of hydrogen-bond donors (Lipinski definition) is 1. The molecule has 0 aliphatic carbocycles. The van der Waals surface area contributed by atoms with Crippen LogP contribution in [0.3, 0.4) is 0 Å². The van der Waals surface area contributed by atoms with Gasteiger partial charge < -0.3 is 5.32 Å². The van der Waals surface area contributed by atoms with Gasteiger partial charge in [-0.05, 0) is 53.6 Å². The zero-order valence-electron chi connectivity index (χ0n) is 9.47. The molecule has 0 aliphatic rings. The van der Waals surface area contributed by atoms with Crippen molar-refractivity contribution in [1.29, 1.82) is 0 Å². The van der Waals surface area contributed by atoms with Gasteiger partial charge in [-0.15, -0.1) is 11.6 Å². The second-order valence-electron chi connectivity index (χ2n) is 3.68. The zero-order chi connectivity index (χ0) is 12.8. The molecule has 0 spiro atoms. The first kappa shape index (κ1) is 15.1. The maximum absolute atomic E-state index is 12.0. The van der Waals surface area contributed by atoms with E-state index >= 15 is 0 Å². The van der Waals surface area contributed by atoms with E-state index in [1.54, 1.807) is 12.1 Å². The van der Waals surface area contributed by atoms with Crippen LogP contribution in [0.1, 0.15) is 30.1 Å². The third kappa shape index (κ3) is 4.64. The van der Waals surface area contributed by atoms with E-state index in [1.165, 1.54) is 0 Å². The number of benzene rings is 1. The van der Waals surface area contributed by atoms with Crippen LogP contribution in [0.5, 0.6) is 0 Å². The van der Waals surface area contributed by atoms with Gasteiger partial charge in [0.05, 0.1) is 5.56 Å². The number of nitrogens with one attached hydrogen (secondary N) is 1. The minimum atomic E-state index is -0.0890. The number of rotatable bonds is 5. The number of carbonyl (C=O) groups is 1. The Kier molecular flexibility index (Phi) is 6.59. The number of alkyl halides is 1. The van der Waals surface area contributed by atoms with Gasteiger partial charge in [0.15, 0.2) is 0 Å². The average molecular weight is 386 g/mol. The number of halogens is 3. The van der Waals surface area contributed by atoms with Crippen LogP contribution in [0.4, 0.5) is 0 Å². The fourth-order valence-electron chi connectivity index (χ4n) is 1.44. The van der Waals surface area contributed by atoms with Crippen LogP contribution in [-0.4, -0.2) is 17.8 Å². The van der Waals surface area contributed by atoms with Crippen molar-refractivity contribution in [2.75, 3.05) is 5.88 Å². The molecule has 0 aromatic heterocycles. The molecule has 1 rings (SSSR count). The van der Waals surface area contributed by atoms with Gasteiger partial charge in [-0.3, -0.25) is 4.79 Å². The Balaban J connectivity index is 2.78. The highest BCUT2D eigenvalue weighted by Crippen LogP contribution is 2.18. The summed E-state index contributed by atoms with van der Waals surface area (Å²) in [6.45, 7) is 2.03. The van der Waals surface area contributed by atoms with Crippen molar-refractivity contribution in [3.63, 3.8) is 0 Å². The third-order valence-electron chi connectivity index (χ3n) is 2.46. The van der Waals surface area contributed by atoms with Crippen molar-refractivity contribution in [3.8, 4) is 0 Å². The standard InChI is InChI=1S/C12H14Cl2INO/c1-2-9(5-6-13)16-12(17)10-7-8(14)3-4-11(10)15/h3-4,7,9H,2,5-6H2,1H3,(H,16,17). The first-order valence-electron chi connectivity index (χ1n) is 5.40. The Labute approximate surface area is 125 Å². The molecule has 1 aromatic carbocycles. The predicted molar refractivity (Wildman–Crippen MR) is 81.1 cm³/mol. The van der Waals surface area contributed by atoms with E-state index in [9.17, 15) is 4.79 Å². The molecule has 1 atom stereocenters. The predicted octanol–water partition coefficient (Wildman–Crippen LogP) is 4.08. The van der Waals surface area contributed by atoms with Crippen molar-refractivity contribution in [3.05, 3.63) is 32.4 Å². The molecule has 0 heterocycles. The summed E-state index contributed by atoms with van der Waals surface area (Å²) < 4.78 is 0.894. The van der Waals surface area contributed by atoms with E-state index in [2.05, 4.69) is 27.9 Å². The molecule has 2 nitrogen and oxygen atoms in total. The first-order chi connectivity index (χ1) is 8.08. The second kappa shape index (κ2) is 7.44. The Bertz CT molecular complexity index is 398. The van der Waals surface area contributed by atoms with E-state index in [4.69, 9.17) is 23.2 Å². The molecule has 1 amide bonds. The number of carbonyl (C=O) groups excluding carboxylic acids is 1. The minimum Gasteiger partial charge on any atom is -0.349 e. The summed E-state index contributed by atoms with van der Waals surface area (Å²) >= 11 is 13.7. The van der Waals surface area contributed by atoms with E-state index in [-0.39, 0.29) is 11.9 Å². The van der Waals surface area contributed by atoms with Gasteiger partial charge in [0.2, 0.25) is 0 Å². The van der Waals surface area contributed by atoms with Gasteiger partial charge in [0, 0.05) is 20.5 Å². The summed E-state index contributed by atoms with van der Waals surface area (Å²) in [5, 5.41) is 3.54. The fraction of sp³-hybridized carbons (Fsp3) is 0.417. The Morgan fingerprint density at radius 1 is 1.53 bits per heavy atom. The van der Waals surface area contributed by atoms with Gasteiger partial charge in [0.1, 0.15) is 0 Å². The molecular formula is C12H14Cl2INO. The SMILES string of the molecule is CCC(CCCl)NC(=O)c1cc(Cl)ccc1I. The van der Waals surface area contributed by atoms with Gasteiger partial charge in [-0.25, -0.2) is 0 Å². The molecule has 1 unspecified atom stereocenters. The van der Waals surface area contributed by atoms with E-state index < -0.39 is 0 Å². The van der Waals surface area contributed by atoms with Crippen LogP contribution in [0, 0.1) is 3.57 Å². The smallest absolute Gasteiger partial charge is 0.252 e. The van der Waals surface area contributed by atoms with Crippen molar-refractivity contribution >= 4 is 51.7 Å². The summed E-state index contributed by atoms with van der Waals surface area (Å²) in [5.74, 6) is 0.458. The van der Waals surface area contributed by atoms with Crippen LogP contribution in [0.25, 0.3) is 0 Å². The van der Waals surface area contributed by atoms with Gasteiger partial charge >= 0.3 is 0 Å². The van der Waals surface area contributed by atoms with Gasteiger partial charge in [-0.2, -0.15) is 0 Å². The summed E-state index contributed by atoms with van der Waals surface area (Å²) in [4.78, 5) is 12.0. The highest BCUT2D eigenvalue weighted by atomic mass is 127. The Morgan fingerprint density at radius 3 is 2.82 bits per heavy atom. The maximum Gasteiger partial charge on any atom is 0.252 e. The minimum absolute atomic E-state index is 0.0890. The van der Waals surface area contributed by atoms with Crippen LogP contribution < -0.4 is 5.32 Å². The molecule has 0 fully saturated rings. The summed E-state index contributed by atoms with van der Waals surface area (Å²) in [5.41, 5.74) is 0.617. The maximum atomic E-state index is 12.0. The van der Waals surface area contributed by atoms with Crippen LogP contribution in [0.15, 0.2) is 18.2 Å². The average Bonchev–Trinajstić information content (AvgIpc) is 2.31. The molecule has 0 bridgehead atoms. The van der Waals surface area contributed by atoms with E-state index in [1.807, 2.05) is 13.0 Å². The highest BCUT2D eigenvalue weighted by molar-refractivity contribution is 14.1. The second-order valence-corrected chi connectivity index (χ2v) is 5.66. The molecule has 94 valence electrons. The molecule has 1 aromatic rings. The lowest BCUT2D eigenvalue weighted by Crippen LogP contribution is -2.35. The van der Waals surface area contributed by atoms with Crippen LogP contribution in [0.2, 0.25) is 5.02 Å². The molecule has 1 N–H and O–H groups in total. The van der Waals surface area contributed by atoms with Gasteiger partial charge in [-0.1, -0.05) is 18.5 Å². The van der Waals surface area contributed by atoms with Crippen LogP contribution in [-0.2, 0) is 0 Å². The first-order valence-corrected chi connectivity index (χ1v) is 7.39. The molecule has 0 aliphatic heterocycles. The normalized spacial score (nSPS) is 12.2. The zero-order valence-corrected chi connectivity index (χ0v) is 13.1. The molecule has 0 radical (unpaired) electrons. The van der Waals surface area contributed by atoms with E-state index in [0.29, 0.717) is 16.5 Å². The summed E-state index contributed by atoms with van der Waals surface area (Å²) in [6, 6.07) is 5.41. The van der Waals surface area contributed by atoms with Crippen molar-refractivity contribution in [1.82, 2.24) is 5.32 Å². The Hall–Kier alpha value is -0.000000000000000111. The molecule has 5 heteroatoms. The lowest BCUT2D eigenvalue weighted by Gasteiger charge is -2.16. The summed E-state index contributed by atoms with van der Waals surface area (Å²) in [7, 11) is 0. The number of hydrogen-bond acceptors (Lipinski definition) is 1. The topological polar surface area (TPSA) is 29.1 Å². The lowest BCUT2D eigenvalue weighted by molar-refractivity contribution is 0.0934. The number of amides is 1. The monoisotopic (exact) mass is 385 g/mol.